The Morgan fingerprint density at radius 1 is 1.41 bits per heavy atom. The van der Waals surface area contributed by atoms with Crippen LogP contribution in [0.5, 0.6) is 0 Å². The maximum absolute atomic E-state index is 6.20. The van der Waals surface area contributed by atoms with Gasteiger partial charge in [0, 0.05) is 0 Å². The van der Waals surface area contributed by atoms with E-state index in [0.717, 1.165) is 15.7 Å². The number of benzene rings is 1. The smallest absolute Gasteiger partial charge is 0.144 e. The van der Waals surface area contributed by atoms with E-state index >= 15 is 0 Å². The summed E-state index contributed by atoms with van der Waals surface area (Å²) in [5.41, 5.74) is 8.08. The van der Waals surface area contributed by atoms with Crippen molar-refractivity contribution in [3.05, 3.63) is 45.5 Å². The second-order valence-corrected chi connectivity index (χ2v) is 4.89. The van der Waals surface area contributed by atoms with E-state index in [0.29, 0.717) is 16.5 Å². The van der Waals surface area contributed by atoms with Crippen LogP contribution in [0.25, 0.3) is 0 Å². The van der Waals surface area contributed by atoms with Gasteiger partial charge in [0.25, 0.3) is 0 Å². The Morgan fingerprint density at radius 2 is 2.18 bits per heavy atom. The molecule has 88 valence electrons. The first-order valence-corrected chi connectivity index (χ1v) is 6.18. The van der Waals surface area contributed by atoms with Crippen molar-refractivity contribution in [1.29, 1.82) is 0 Å². The third kappa shape index (κ3) is 2.70. The number of hydrogen-bond donors (Lipinski definition) is 2. The highest BCUT2D eigenvalue weighted by Crippen LogP contribution is 2.30. The molecule has 0 spiro atoms. The SMILES string of the molecule is Cc1cccc(Nc2ncc(N)cc2Br)c1Cl. The summed E-state index contributed by atoms with van der Waals surface area (Å²) in [5, 5.41) is 3.86. The van der Waals surface area contributed by atoms with E-state index in [-0.39, 0.29) is 0 Å². The minimum Gasteiger partial charge on any atom is -0.397 e. The maximum atomic E-state index is 6.20. The quantitative estimate of drug-likeness (QED) is 0.876. The fraction of sp³-hybridized carbons (Fsp3) is 0.0833. The maximum Gasteiger partial charge on any atom is 0.144 e. The Kier molecular flexibility index (Phi) is 3.54. The summed E-state index contributed by atoms with van der Waals surface area (Å²) >= 11 is 9.60. The summed E-state index contributed by atoms with van der Waals surface area (Å²) in [5.74, 6) is 0.687. The van der Waals surface area contributed by atoms with Crippen LogP contribution in [-0.2, 0) is 0 Å². The number of aryl methyl sites for hydroxylation is 1. The molecule has 5 heteroatoms. The summed E-state index contributed by atoms with van der Waals surface area (Å²) in [6, 6.07) is 7.59. The summed E-state index contributed by atoms with van der Waals surface area (Å²) in [6.45, 7) is 1.96. The van der Waals surface area contributed by atoms with Crippen molar-refractivity contribution in [2.24, 2.45) is 0 Å². The summed E-state index contributed by atoms with van der Waals surface area (Å²) in [7, 11) is 0. The zero-order chi connectivity index (χ0) is 12.4. The molecule has 0 saturated carbocycles. The molecule has 0 aliphatic heterocycles. The number of anilines is 3. The number of aromatic nitrogens is 1. The number of hydrogen-bond acceptors (Lipinski definition) is 3. The molecule has 3 N–H and O–H groups in total. The van der Waals surface area contributed by atoms with Crippen LogP contribution in [0.3, 0.4) is 0 Å². The molecule has 2 aromatic rings. The van der Waals surface area contributed by atoms with Gasteiger partial charge in [-0.15, -0.1) is 0 Å². The summed E-state index contributed by atoms with van der Waals surface area (Å²) < 4.78 is 0.801. The molecule has 0 atom stereocenters. The van der Waals surface area contributed by atoms with E-state index in [4.69, 9.17) is 17.3 Å². The molecule has 0 fully saturated rings. The Hall–Kier alpha value is -1.26. The van der Waals surface area contributed by atoms with Gasteiger partial charge in [-0.25, -0.2) is 4.98 Å². The van der Waals surface area contributed by atoms with Crippen LogP contribution in [-0.4, -0.2) is 4.98 Å². The molecule has 1 aromatic heterocycles. The number of rotatable bonds is 2. The number of halogens is 2. The average Bonchev–Trinajstić information content (AvgIpc) is 2.28. The van der Waals surface area contributed by atoms with E-state index in [1.807, 2.05) is 25.1 Å². The van der Waals surface area contributed by atoms with Gasteiger partial charge in [-0.1, -0.05) is 23.7 Å². The normalized spacial score (nSPS) is 10.3. The number of nitrogens with zero attached hydrogens (tertiary/aromatic N) is 1. The second kappa shape index (κ2) is 4.94. The third-order valence-corrected chi connectivity index (χ3v) is 3.41. The van der Waals surface area contributed by atoms with Crippen LogP contribution in [0.15, 0.2) is 34.9 Å². The van der Waals surface area contributed by atoms with Gasteiger partial charge in [-0.3, -0.25) is 0 Å². The molecule has 0 amide bonds. The van der Waals surface area contributed by atoms with Gasteiger partial charge in [0.05, 0.1) is 27.1 Å². The molecule has 0 aliphatic carbocycles. The van der Waals surface area contributed by atoms with Crippen molar-refractivity contribution in [2.75, 3.05) is 11.1 Å². The molecule has 1 heterocycles. The highest BCUT2D eigenvalue weighted by atomic mass is 79.9. The Balaban J connectivity index is 2.35. The first-order chi connectivity index (χ1) is 8.08. The Morgan fingerprint density at radius 3 is 2.88 bits per heavy atom. The predicted molar refractivity (Wildman–Crippen MR) is 75.8 cm³/mol. The van der Waals surface area contributed by atoms with E-state index in [2.05, 4.69) is 26.2 Å². The van der Waals surface area contributed by atoms with Crippen LogP contribution in [0.2, 0.25) is 5.02 Å². The zero-order valence-corrected chi connectivity index (χ0v) is 11.5. The van der Waals surface area contributed by atoms with Crippen LogP contribution >= 0.6 is 27.5 Å². The van der Waals surface area contributed by atoms with E-state index < -0.39 is 0 Å². The van der Waals surface area contributed by atoms with Crippen LogP contribution < -0.4 is 11.1 Å². The van der Waals surface area contributed by atoms with Crippen LogP contribution in [0, 0.1) is 6.92 Å². The van der Waals surface area contributed by atoms with Gasteiger partial charge in [0.15, 0.2) is 0 Å². The second-order valence-electron chi connectivity index (χ2n) is 3.66. The number of nitrogen functional groups attached to an aromatic ring is 1. The van der Waals surface area contributed by atoms with Crippen molar-refractivity contribution in [1.82, 2.24) is 4.98 Å². The lowest BCUT2D eigenvalue weighted by Gasteiger charge is -2.10. The molecule has 0 radical (unpaired) electrons. The highest BCUT2D eigenvalue weighted by molar-refractivity contribution is 9.10. The molecular formula is C12H11BrClN3. The molecule has 3 nitrogen and oxygen atoms in total. The number of nitrogens with two attached hydrogens (primary N) is 1. The van der Waals surface area contributed by atoms with E-state index in [1.165, 1.54) is 0 Å². The molecule has 0 unspecified atom stereocenters. The molecular weight excluding hydrogens is 302 g/mol. The summed E-state index contributed by atoms with van der Waals surface area (Å²) in [4.78, 5) is 4.20. The topological polar surface area (TPSA) is 50.9 Å². The lowest BCUT2D eigenvalue weighted by atomic mass is 10.2. The largest absolute Gasteiger partial charge is 0.397 e. The molecule has 2 rings (SSSR count). The minimum atomic E-state index is 0.609. The Bertz CT molecular complexity index is 557. The first-order valence-electron chi connectivity index (χ1n) is 5.01. The number of pyridine rings is 1. The molecule has 17 heavy (non-hydrogen) atoms. The van der Waals surface area contributed by atoms with Gasteiger partial charge >= 0.3 is 0 Å². The predicted octanol–water partition coefficient (Wildman–Crippen LogP) is 4.13. The molecule has 0 aliphatic rings. The molecule has 0 saturated heterocycles. The highest BCUT2D eigenvalue weighted by Gasteiger charge is 2.06. The Labute approximate surface area is 113 Å². The van der Waals surface area contributed by atoms with Gasteiger partial charge in [-0.05, 0) is 40.5 Å². The lowest BCUT2D eigenvalue weighted by Crippen LogP contribution is -1.97. The van der Waals surface area contributed by atoms with E-state index in [9.17, 15) is 0 Å². The lowest BCUT2D eigenvalue weighted by molar-refractivity contribution is 1.29. The number of nitrogens with one attached hydrogen (secondary N) is 1. The van der Waals surface area contributed by atoms with Gasteiger partial charge in [0.1, 0.15) is 5.82 Å². The average molecular weight is 313 g/mol. The van der Waals surface area contributed by atoms with Crippen molar-refractivity contribution in [3.63, 3.8) is 0 Å². The van der Waals surface area contributed by atoms with Crippen molar-refractivity contribution in [2.45, 2.75) is 6.92 Å². The molecule has 0 bridgehead atoms. The standard InChI is InChI=1S/C12H11BrClN3/c1-7-3-2-4-10(11(7)14)17-12-9(13)5-8(15)6-16-12/h2-6H,15H2,1H3,(H,16,17). The van der Waals surface area contributed by atoms with Crippen LogP contribution in [0.4, 0.5) is 17.2 Å². The fourth-order valence-corrected chi connectivity index (χ4v) is 2.06. The van der Waals surface area contributed by atoms with Crippen molar-refractivity contribution in [3.8, 4) is 0 Å². The first kappa shape index (κ1) is 12.2. The van der Waals surface area contributed by atoms with E-state index in [1.54, 1.807) is 12.3 Å². The van der Waals surface area contributed by atoms with Gasteiger partial charge < -0.3 is 11.1 Å². The van der Waals surface area contributed by atoms with Gasteiger partial charge in [0.2, 0.25) is 0 Å². The fourth-order valence-electron chi connectivity index (χ4n) is 1.42. The third-order valence-electron chi connectivity index (χ3n) is 2.31. The van der Waals surface area contributed by atoms with Gasteiger partial charge in [-0.2, -0.15) is 0 Å². The van der Waals surface area contributed by atoms with Crippen LogP contribution in [0.1, 0.15) is 5.56 Å². The minimum absolute atomic E-state index is 0.609. The zero-order valence-electron chi connectivity index (χ0n) is 9.17. The van der Waals surface area contributed by atoms with Crippen molar-refractivity contribution >= 4 is 44.7 Å². The van der Waals surface area contributed by atoms with Crippen molar-refractivity contribution < 1.29 is 0 Å². The molecule has 1 aromatic carbocycles. The summed E-state index contributed by atoms with van der Waals surface area (Å²) in [6.07, 6.45) is 1.59. The monoisotopic (exact) mass is 311 g/mol.